The van der Waals surface area contributed by atoms with Crippen LogP contribution in [0.25, 0.3) is 6.08 Å². The van der Waals surface area contributed by atoms with Crippen LogP contribution in [-0.4, -0.2) is 29.5 Å². The first-order valence-corrected chi connectivity index (χ1v) is 10.1. The van der Waals surface area contributed by atoms with Crippen molar-refractivity contribution in [3.63, 3.8) is 0 Å². The predicted molar refractivity (Wildman–Crippen MR) is 117 cm³/mol. The van der Waals surface area contributed by atoms with Crippen molar-refractivity contribution in [2.24, 2.45) is 4.99 Å². The van der Waals surface area contributed by atoms with Gasteiger partial charge in [-0.25, -0.2) is 9.79 Å². The van der Waals surface area contributed by atoms with Gasteiger partial charge in [-0.1, -0.05) is 24.6 Å². The van der Waals surface area contributed by atoms with Gasteiger partial charge in [-0.2, -0.15) is 0 Å². The van der Waals surface area contributed by atoms with Gasteiger partial charge in [-0.3, -0.25) is 10.1 Å². The lowest BCUT2D eigenvalue weighted by Crippen LogP contribution is -2.10. The number of benzene rings is 2. The number of nitro benzene ring substituents is 1. The molecule has 9 heteroatoms. The number of aliphatic imine (C=N–C) groups is 1. The number of hydrogen-bond donors (Lipinski definition) is 0. The van der Waals surface area contributed by atoms with Crippen molar-refractivity contribution in [3.8, 4) is 11.5 Å². The van der Waals surface area contributed by atoms with E-state index in [0.29, 0.717) is 23.7 Å². The number of esters is 1. The Labute approximate surface area is 184 Å². The van der Waals surface area contributed by atoms with Gasteiger partial charge in [-0.05, 0) is 50.1 Å². The largest absolute Gasteiger partial charge is 0.490 e. The van der Waals surface area contributed by atoms with Gasteiger partial charge in [0.1, 0.15) is 0 Å². The zero-order valence-corrected chi connectivity index (χ0v) is 18.0. The second-order valence-corrected chi connectivity index (χ2v) is 7.14. The summed E-state index contributed by atoms with van der Waals surface area (Å²) in [6, 6.07) is 9.16. The molecule has 2 aromatic rings. The van der Waals surface area contributed by atoms with Crippen molar-refractivity contribution in [2.45, 2.75) is 33.3 Å². The normalized spacial score (nSPS) is 15.4. The summed E-state index contributed by atoms with van der Waals surface area (Å²) in [4.78, 5) is 26.8. The topological polar surface area (TPSA) is 100 Å². The van der Waals surface area contributed by atoms with E-state index in [1.54, 1.807) is 24.3 Å². The van der Waals surface area contributed by atoms with E-state index in [-0.39, 0.29) is 34.0 Å². The Bertz CT molecular complexity index is 1080. The minimum atomic E-state index is -0.651. The van der Waals surface area contributed by atoms with E-state index in [2.05, 4.69) is 4.99 Å². The molecule has 0 bridgehead atoms. The van der Waals surface area contributed by atoms with E-state index in [1.165, 1.54) is 18.2 Å². The number of rotatable bonds is 8. The van der Waals surface area contributed by atoms with Crippen LogP contribution in [0.4, 0.5) is 5.69 Å². The Morgan fingerprint density at radius 1 is 1.23 bits per heavy atom. The molecule has 1 aliphatic heterocycles. The van der Waals surface area contributed by atoms with Gasteiger partial charge in [0.2, 0.25) is 5.90 Å². The third kappa shape index (κ3) is 5.21. The number of ether oxygens (including phenoxy) is 3. The van der Waals surface area contributed by atoms with Crippen LogP contribution in [-0.2, 0) is 9.53 Å². The van der Waals surface area contributed by atoms with Crippen molar-refractivity contribution < 1.29 is 23.9 Å². The second kappa shape index (κ2) is 9.61. The fraction of sp³-hybridized carbons (Fsp3) is 0.273. The molecule has 162 valence electrons. The molecule has 1 unspecified atom stereocenters. The van der Waals surface area contributed by atoms with Crippen molar-refractivity contribution in [1.29, 1.82) is 0 Å². The summed E-state index contributed by atoms with van der Waals surface area (Å²) in [5.74, 6) is 0.514. The quantitative estimate of drug-likeness (QED) is 0.241. The van der Waals surface area contributed by atoms with Gasteiger partial charge in [0, 0.05) is 12.1 Å². The molecule has 8 nitrogen and oxygen atoms in total. The van der Waals surface area contributed by atoms with E-state index in [9.17, 15) is 14.9 Å². The molecule has 0 saturated heterocycles. The molecule has 0 aliphatic carbocycles. The van der Waals surface area contributed by atoms with E-state index in [1.807, 2.05) is 20.8 Å². The molecule has 3 rings (SSSR count). The van der Waals surface area contributed by atoms with E-state index >= 15 is 0 Å². The smallest absolute Gasteiger partial charge is 0.363 e. The highest BCUT2D eigenvalue weighted by molar-refractivity contribution is 6.34. The molecular formula is C22H21ClN2O6. The van der Waals surface area contributed by atoms with Crippen LogP contribution in [0.1, 0.15) is 38.3 Å². The van der Waals surface area contributed by atoms with Crippen LogP contribution in [0.5, 0.6) is 11.5 Å². The number of hydrogen-bond acceptors (Lipinski definition) is 7. The molecule has 0 spiro atoms. The van der Waals surface area contributed by atoms with Crippen molar-refractivity contribution in [3.05, 3.63) is 68.4 Å². The number of nitrogens with zero attached hydrogens (tertiary/aromatic N) is 2. The van der Waals surface area contributed by atoms with Crippen LogP contribution in [0.15, 0.2) is 47.1 Å². The monoisotopic (exact) mass is 444 g/mol. The first-order valence-electron chi connectivity index (χ1n) is 9.72. The molecule has 2 aromatic carbocycles. The van der Waals surface area contributed by atoms with Crippen LogP contribution < -0.4 is 9.47 Å². The Morgan fingerprint density at radius 3 is 2.65 bits per heavy atom. The van der Waals surface area contributed by atoms with E-state index < -0.39 is 10.9 Å². The lowest BCUT2D eigenvalue weighted by Gasteiger charge is -2.16. The fourth-order valence-electron chi connectivity index (χ4n) is 2.75. The lowest BCUT2D eigenvalue weighted by atomic mass is 10.1. The summed E-state index contributed by atoms with van der Waals surface area (Å²) in [7, 11) is 0. The third-order valence-corrected chi connectivity index (χ3v) is 4.80. The molecule has 1 heterocycles. The molecule has 0 N–H and O–H groups in total. The Kier molecular flexibility index (Phi) is 6.91. The summed E-state index contributed by atoms with van der Waals surface area (Å²) in [6.07, 6.45) is 2.45. The summed E-state index contributed by atoms with van der Waals surface area (Å²) in [6.45, 7) is 6.33. The highest BCUT2D eigenvalue weighted by Gasteiger charge is 2.26. The number of cyclic esters (lactones) is 1. The third-order valence-electron chi connectivity index (χ3n) is 4.49. The average molecular weight is 445 g/mol. The predicted octanol–water partition coefficient (Wildman–Crippen LogP) is 5.17. The van der Waals surface area contributed by atoms with Gasteiger partial charge in [0.05, 0.1) is 28.2 Å². The summed E-state index contributed by atoms with van der Waals surface area (Å²) >= 11 is 6.11. The molecule has 0 saturated carbocycles. The Hall–Kier alpha value is -3.39. The number of non-ortho nitro benzene ring substituents is 1. The number of nitro groups is 1. The molecule has 0 amide bonds. The van der Waals surface area contributed by atoms with Gasteiger partial charge < -0.3 is 14.2 Å². The maximum absolute atomic E-state index is 12.3. The summed E-state index contributed by atoms with van der Waals surface area (Å²) in [5.41, 5.74) is 0.864. The van der Waals surface area contributed by atoms with Gasteiger partial charge >= 0.3 is 5.97 Å². The minimum Gasteiger partial charge on any atom is -0.490 e. The minimum absolute atomic E-state index is 0.0158. The zero-order chi connectivity index (χ0) is 22.5. The van der Waals surface area contributed by atoms with Gasteiger partial charge in [0.25, 0.3) is 5.69 Å². The maximum Gasteiger partial charge on any atom is 0.363 e. The number of halogens is 1. The molecule has 1 atom stereocenters. The standard InChI is InChI=1S/C22H21ClN2O6/c1-4-13(3)30-19-9-6-14(11-20(19)29-5-2)10-18-22(26)31-21(24-18)16-8-7-15(25(27)28)12-17(16)23/h6-13H,4-5H2,1-3H3/b18-10-. The highest BCUT2D eigenvalue weighted by atomic mass is 35.5. The highest BCUT2D eigenvalue weighted by Crippen LogP contribution is 2.32. The molecule has 0 aromatic heterocycles. The maximum atomic E-state index is 12.3. The summed E-state index contributed by atoms with van der Waals surface area (Å²) < 4.78 is 16.8. The molecule has 0 radical (unpaired) electrons. The van der Waals surface area contributed by atoms with E-state index in [0.717, 1.165) is 6.42 Å². The number of carbonyl (C=O) groups is 1. The first kappa shape index (κ1) is 22.3. The van der Waals surface area contributed by atoms with Crippen molar-refractivity contribution in [2.75, 3.05) is 6.61 Å². The zero-order valence-electron chi connectivity index (χ0n) is 17.3. The molecular weight excluding hydrogens is 424 g/mol. The van der Waals surface area contributed by atoms with E-state index in [4.69, 9.17) is 25.8 Å². The molecule has 31 heavy (non-hydrogen) atoms. The molecule has 1 aliphatic rings. The number of carbonyl (C=O) groups excluding carboxylic acids is 1. The van der Waals surface area contributed by atoms with Crippen LogP contribution in [0.3, 0.4) is 0 Å². The Balaban J connectivity index is 1.91. The second-order valence-electron chi connectivity index (χ2n) is 6.73. The summed E-state index contributed by atoms with van der Waals surface area (Å²) in [5, 5.41) is 10.9. The van der Waals surface area contributed by atoms with Crippen LogP contribution in [0.2, 0.25) is 5.02 Å². The van der Waals surface area contributed by atoms with Crippen molar-refractivity contribution >= 4 is 35.2 Å². The fourth-order valence-corrected chi connectivity index (χ4v) is 3.01. The van der Waals surface area contributed by atoms with Crippen molar-refractivity contribution in [1.82, 2.24) is 0 Å². The average Bonchev–Trinajstić information content (AvgIpc) is 3.09. The SMILES string of the molecule is CCOc1cc(/C=C2\N=C(c3ccc([N+](=O)[O-])cc3Cl)OC2=O)ccc1OC(C)CC. The first-order chi connectivity index (χ1) is 14.8. The van der Waals surface area contributed by atoms with Crippen LogP contribution >= 0.6 is 11.6 Å². The molecule has 0 fully saturated rings. The van der Waals surface area contributed by atoms with Crippen LogP contribution in [0, 0.1) is 10.1 Å². The van der Waals surface area contributed by atoms with Gasteiger partial charge in [0.15, 0.2) is 17.2 Å². The lowest BCUT2D eigenvalue weighted by molar-refractivity contribution is -0.384. The van der Waals surface area contributed by atoms with Gasteiger partial charge in [-0.15, -0.1) is 0 Å². The Morgan fingerprint density at radius 2 is 2.00 bits per heavy atom.